The molecule has 1 atom stereocenters. The first-order valence-corrected chi connectivity index (χ1v) is 10.8. The SMILES string of the molecule is CCOC(=O)c1[nH]c2c(c1Cc1ccccc1)C(=O)CC(c1cc(OC)ccc1OC)C2. The summed E-state index contributed by atoms with van der Waals surface area (Å²) in [5.41, 5.74) is 4.42. The first-order chi connectivity index (χ1) is 15.5. The van der Waals surface area contributed by atoms with Crippen LogP contribution < -0.4 is 9.47 Å². The van der Waals surface area contributed by atoms with Crippen molar-refractivity contribution in [1.82, 2.24) is 4.98 Å². The molecule has 3 aromatic rings. The van der Waals surface area contributed by atoms with Gasteiger partial charge in [0.1, 0.15) is 17.2 Å². The Hall–Kier alpha value is -3.54. The summed E-state index contributed by atoms with van der Waals surface area (Å²) in [7, 11) is 3.23. The summed E-state index contributed by atoms with van der Waals surface area (Å²) in [5, 5.41) is 0. The smallest absolute Gasteiger partial charge is 0.355 e. The molecule has 4 rings (SSSR count). The van der Waals surface area contributed by atoms with E-state index in [2.05, 4.69) is 4.98 Å². The lowest BCUT2D eigenvalue weighted by molar-refractivity contribution is 0.0519. The number of aromatic nitrogens is 1. The van der Waals surface area contributed by atoms with Crippen LogP contribution in [0, 0.1) is 0 Å². The van der Waals surface area contributed by atoms with Gasteiger partial charge in [0.05, 0.1) is 20.8 Å². The third-order valence-corrected chi connectivity index (χ3v) is 5.92. The molecule has 166 valence electrons. The number of H-pyrrole nitrogens is 1. The standard InChI is InChI=1S/C26H27NO5/c1-4-32-26(29)25-20(12-16-8-6-5-7-9-16)24-21(27-25)13-17(14-22(24)28)19-15-18(30-2)10-11-23(19)31-3/h5-11,15,17,27H,4,12-14H2,1-3H3. The maximum Gasteiger partial charge on any atom is 0.355 e. The molecule has 6 heteroatoms. The molecular weight excluding hydrogens is 406 g/mol. The largest absolute Gasteiger partial charge is 0.497 e. The summed E-state index contributed by atoms with van der Waals surface area (Å²) < 4.78 is 16.2. The molecule has 32 heavy (non-hydrogen) atoms. The first kappa shape index (κ1) is 21.7. The third kappa shape index (κ3) is 4.13. The quantitative estimate of drug-likeness (QED) is 0.546. The number of esters is 1. The van der Waals surface area contributed by atoms with Gasteiger partial charge in [0, 0.05) is 35.6 Å². The van der Waals surface area contributed by atoms with Gasteiger partial charge in [0.15, 0.2) is 5.78 Å². The van der Waals surface area contributed by atoms with Gasteiger partial charge in [-0.05, 0) is 42.7 Å². The molecule has 1 aliphatic rings. The van der Waals surface area contributed by atoms with E-state index < -0.39 is 5.97 Å². The van der Waals surface area contributed by atoms with Gasteiger partial charge in [-0.3, -0.25) is 4.79 Å². The van der Waals surface area contributed by atoms with E-state index in [1.165, 1.54) is 0 Å². The van der Waals surface area contributed by atoms with Gasteiger partial charge in [0.25, 0.3) is 0 Å². The number of benzene rings is 2. The number of carbonyl (C=O) groups is 2. The van der Waals surface area contributed by atoms with Crippen LogP contribution in [0.4, 0.5) is 0 Å². The maximum atomic E-state index is 13.4. The normalized spacial score (nSPS) is 15.2. The summed E-state index contributed by atoms with van der Waals surface area (Å²) in [6, 6.07) is 15.4. The zero-order valence-electron chi connectivity index (χ0n) is 18.6. The molecule has 6 nitrogen and oxygen atoms in total. The molecule has 0 spiro atoms. The lowest BCUT2D eigenvalue weighted by Crippen LogP contribution is -2.20. The van der Waals surface area contributed by atoms with E-state index in [-0.39, 0.29) is 18.3 Å². The molecule has 0 bridgehead atoms. The van der Waals surface area contributed by atoms with Gasteiger partial charge in [-0.1, -0.05) is 30.3 Å². The number of ketones is 1. The van der Waals surface area contributed by atoms with E-state index in [1.807, 2.05) is 48.5 Å². The summed E-state index contributed by atoms with van der Waals surface area (Å²) in [6.45, 7) is 2.04. The second-order valence-electron chi connectivity index (χ2n) is 7.85. The number of Topliss-reactive ketones (excluding diaryl/α,β-unsaturated/α-hetero) is 1. The maximum absolute atomic E-state index is 13.4. The molecule has 1 unspecified atom stereocenters. The van der Waals surface area contributed by atoms with E-state index in [4.69, 9.17) is 14.2 Å². The van der Waals surface area contributed by atoms with Crippen molar-refractivity contribution in [3.8, 4) is 11.5 Å². The highest BCUT2D eigenvalue weighted by atomic mass is 16.5. The minimum atomic E-state index is -0.434. The van der Waals surface area contributed by atoms with Crippen LogP contribution in [0.25, 0.3) is 0 Å². The van der Waals surface area contributed by atoms with Gasteiger partial charge in [-0.2, -0.15) is 0 Å². The Morgan fingerprint density at radius 2 is 1.84 bits per heavy atom. The van der Waals surface area contributed by atoms with Crippen molar-refractivity contribution in [3.05, 3.63) is 82.2 Å². The van der Waals surface area contributed by atoms with Crippen LogP contribution in [0.5, 0.6) is 11.5 Å². The lowest BCUT2D eigenvalue weighted by atomic mass is 9.80. The minimum Gasteiger partial charge on any atom is -0.497 e. The number of hydrogen-bond acceptors (Lipinski definition) is 5. The van der Waals surface area contributed by atoms with E-state index in [0.29, 0.717) is 47.6 Å². The third-order valence-electron chi connectivity index (χ3n) is 5.92. The number of ether oxygens (including phenoxy) is 3. The zero-order chi connectivity index (χ0) is 22.7. The van der Waals surface area contributed by atoms with Gasteiger partial charge in [0.2, 0.25) is 0 Å². The molecule has 2 aromatic carbocycles. The summed E-state index contributed by atoms with van der Waals surface area (Å²) in [4.78, 5) is 29.3. The van der Waals surface area contributed by atoms with Crippen LogP contribution in [0.2, 0.25) is 0 Å². The summed E-state index contributed by atoms with van der Waals surface area (Å²) in [6.07, 6.45) is 1.41. The van der Waals surface area contributed by atoms with Crippen molar-refractivity contribution in [2.24, 2.45) is 0 Å². The molecule has 1 aliphatic carbocycles. The Morgan fingerprint density at radius 3 is 2.53 bits per heavy atom. The predicted octanol–water partition coefficient (Wildman–Crippen LogP) is 4.71. The molecule has 0 aliphatic heterocycles. The minimum absolute atomic E-state index is 0.0128. The van der Waals surface area contributed by atoms with Crippen molar-refractivity contribution in [2.45, 2.75) is 32.1 Å². The van der Waals surface area contributed by atoms with Crippen molar-refractivity contribution < 1.29 is 23.8 Å². The Balaban J connectivity index is 1.76. The van der Waals surface area contributed by atoms with Crippen molar-refractivity contribution in [1.29, 1.82) is 0 Å². The predicted molar refractivity (Wildman–Crippen MR) is 121 cm³/mol. The summed E-state index contributed by atoms with van der Waals surface area (Å²) in [5.74, 6) is 0.921. The Labute approximate surface area is 187 Å². The number of fused-ring (bicyclic) bond motifs is 1. The van der Waals surface area contributed by atoms with Gasteiger partial charge >= 0.3 is 5.97 Å². The molecule has 0 fully saturated rings. The molecule has 1 N–H and O–H groups in total. The molecule has 0 radical (unpaired) electrons. The van der Waals surface area contributed by atoms with Crippen molar-refractivity contribution in [2.75, 3.05) is 20.8 Å². The van der Waals surface area contributed by atoms with Crippen LogP contribution >= 0.6 is 0 Å². The Bertz CT molecular complexity index is 1130. The fraction of sp³-hybridized carbons (Fsp3) is 0.308. The van der Waals surface area contributed by atoms with E-state index in [9.17, 15) is 9.59 Å². The van der Waals surface area contributed by atoms with Crippen LogP contribution in [-0.4, -0.2) is 37.6 Å². The highest BCUT2D eigenvalue weighted by molar-refractivity contribution is 6.04. The molecule has 1 heterocycles. The monoisotopic (exact) mass is 433 g/mol. The van der Waals surface area contributed by atoms with Gasteiger partial charge < -0.3 is 19.2 Å². The highest BCUT2D eigenvalue weighted by Crippen LogP contribution is 2.40. The van der Waals surface area contributed by atoms with Crippen LogP contribution in [-0.2, 0) is 17.6 Å². The Kier molecular flexibility index (Phi) is 6.30. The highest BCUT2D eigenvalue weighted by Gasteiger charge is 2.34. The van der Waals surface area contributed by atoms with Crippen molar-refractivity contribution >= 4 is 11.8 Å². The molecular formula is C26H27NO5. The average molecular weight is 434 g/mol. The fourth-order valence-electron chi connectivity index (χ4n) is 4.46. The molecule has 0 saturated carbocycles. The van der Waals surface area contributed by atoms with Crippen LogP contribution in [0.15, 0.2) is 48.5 Å². The molecule has 1 aromatic heterocycles. The Morgan fingerprint density at radius 1 is 1.06 bits per heavy atom. The van der Waals surface area contributed by atoms with E-state index in [1.54, 1.807) is 21.1 Å². The number of aromatic amines is 1. The van der Waals surface area contributed by atoms with Crippen LogP contribution in [0.1, 0.15) is 62.5 Å². The van der Waals surface area contributed by atoms with E-state index in [0.717, 1.165) is 16.8 Å². The topological polar surface area (TPSA) is 77.6 Å². The number of rotatable bonds is 7. The molecule has 0 amide bonds. The number of nitrogens with one attached hydrogen (secondary N) is 1. The summed E-state index contributed by atoms with van der Waals surface area (Å²) >= 11 is 0. The van der Waals surface area contributed by atoms with Crippen molar-refractivity contribution in [3.63, 3.8) is 0 Å². The first-order valence-electron chi connectivity index (χ1n) is 10.8. The average Bonchev–Trinajstić information content (AvgIpc) is 3.18. The fourth-order valence-corrected chi connectivity index (χ4v) is 4.46. The number of carbonyl (C=O) groups excluding carboxylic acids is 2. The number of methoxy groups -OCH3 is 2. The van der Waals surface area contributed by atoms with Crippen LogP contribution in [0.3, 0.4) is 0 Å². The second-order valence-corrected chi connectivity index (χ2v) is 7.85. The zero-order valence-corrected chi connectivity index (χ0v) is 18.6. The number of hydrogen-bond donors (Lipinski definition) is 1. The second kappa shape index (κ2) is 9.30. The van der Waals surface area contributed by atoms with Gasteiger partial charge in [-0.25, -0.2) is 4.79 Å². The lowest BCUT2D eigenvalue weighted by Gasteiger charge is -2.24. The van der Waals surface area contributed by atoms with E-state index >= 15 is 0 Å². The molecule has 0 saturated heterocycles. The van der Waals surface area contributed by atoms with Gasteiger partial charge in [-0.15, -0.1) is 0 Å².